The molecule has 0 radical (unpaired) electrons. The number of amides is 1. The van der Waals surface area contributed by atoms with Crippen LogP contribution in [0.3, 0.4) is 0 Å². The van der Waals surface area contributed by atoms with E-state index in [9.17, 15) is 4.79 Å². The van der Waals surface area contributed by atoms with Crippen molar-refractivity contribution >= 4 is 39.3 Å². The highest BCUT2D eigenvalue weighted by Gasteiger charge is 2.25. The molecule has 0 bridgehead atoms. The van der Waals surface area contributed by atoms with E-state index in [2.05, 4.69) is 36.0 Å². The van der Waals surface area contributed by atoms with Crippen LogP contribution < -0.4 is 5.32 Å². The molecular weight excluding hydrogens is 452 g/mol. The number of aromatic nitrogens is 3. The second kappa shape index (κ2) is 9.17. The van der Waals surface area contributed by atoms with E-state index in [1.165, 1.54) is 31.0 Å². The minimum Gasteiger partial charge on any atom is -0.461 e. The van der Waals surface area contributed by atoms with Gasteiger partial charge in [0.15, 0.2) is 10.9 Å². The van der Waals surface area contributed by atoms with Crippen LogP contribution in [0.15, 0.2) is 50.6 Å². The van der Waals surface area contributed by atoms with Gasteiger partial charge in [-0.15, -0.1) is 10.2 Å². The molecule has 1 aromatic carbocycles. The Hall–Kier alpha value is -2.06. The fourth-order valence-electron chi connectivity index (χ4n) is 3.66. The molecular formula is C21H23BrN4O2S. The monoisotopic (exact) mass is 474 g/mol. The van der Waals surface area contributed by atoms with E-state index in [0.29, 0.717) is 11.8 Å². The Morgan fingerprint density at radius 1 is 1.28 bits per heavy atom. The van der Waals surface area contributed by atoms with Crippen LogP contribution in [0.4, 0.5) is 5.69 Å². The molecule has 2 aromatic heterocycles. The third-order valence-electron chi connectivity index (χ3n) is 5.08. The van der Waals surface area contributed by atoms with Crippen molar-refractivity contribution in [2.75, 3.05) is 11.1 Å². The molecule has 0 spiro atoms. The largest absolute Gasteiger partial charge is 0.461 e. The number of carbonyl (C=O) groups excluding carboxylic acids is 1. The Morgan fingerprint density at radius 2 is 2.10 bits per heavy atom. The Kier molecular flexibility index (Phi) is 6.40. The molecule has 29 heavy (non-hydrogen) atoms. The zero-order valence-electron chi connectivity index (χ0n) is 16.2. The molecule has 3 aromatic rings. The van der Waals surface area contributed by atoms with E-state index in [4.69, 9.17) is 4.42 Å². The maximum Gasteiger partial charge on any atom is 0.234 e. The van der Waals surface area contributed by atoms with Gasteiger partial charge in [0.1, 0.15) is 0 Å². The third-order valence-corrected chi connectivity index (χ3v) is 6.68. The molecule has 8 heteroatoms. The first-order valence-electron chi connectivity index (χ1n) is 9.79. The molecule has 0 unspecified atom stereocenters. The van der Waals surface area contributed by atoms with Gasteiger partial charge in [0.2, 0.25) is 11.7 Å². The van der Waals surface area contributed by atoms with Gasteiger partial charge in [0.05, 0.1) is 17.7 Å². The highest BCUT2D eigenvalue weighted by Crippen LogP contribution is 2.35. The molecule has 0 saturated heterocycles. The topological polar surface area (TPSA) is 73.0 Å². The lowest BCUT2D eigenvalue weighted by Crippen LogP contribution is -2.17. The van der Waals surface area contributed by atoms with Crippen molar-refractivity contribution in [2.24, 2.45) is 0 Å². The number of halogens is 1. The Morgan fingerprint density at radius 3 is 2.83 bits per heavy atom. The molecule has 1 saturated carbocycles. The normalized spacial score (nSPS) is 14.8. The first-order chi connectivity index (χ1) is 14.1. The van der Waals surface area contributed by atoms with E-state index in [1.54, 1.807) is 6.26 Å². The standard InChI is InChI=1S/C21H23BrN4O2S/c1-14-9-10-17(16(22)12-14)23-19(27)13-29-21-25-24-20(18-8-5-11-28-18)26(21)15-6-3-2-4-7-15/h5,8-12,15H,2-4,6-7,13H2,1H3,(H,23,27). The molecule has 1 aliphatic rings. The van der Waals surface area contributed by atoms with Gasteiger partial charge in [0, 0.05) is 10.5 Å². The molecule has 2 heterocycles. The molecule has 4 rings (SSSR count). The second-order valence-corrected chi connectivity index (χ2v) is 9.06. The molecule has 1 N–H and O–H groups in total. The van der Waals surface area contributed by atoms with Crippen molar-refractivity contribution in [1.29, 1.82) is 0 Å². The fourth-order valence-corrected chi connectivity index (χ4v) is 5.05. The molecule has 152 valence electrons. The van der Waals surface area contributed by atoms with Gasteiger partial charge in [-0.2, -0.15) is 0 Å². The second-order valence-electron chi connectivity index (χ2n) is 7.27. The summed E-state index contributed by atoms with van der Waals surface area (Å²) in [7, 11) is 0. The van der Waals surface area contributed by atoms with Crippen LogP contribution in [0.2, 0.25) is 0 Å². The maximum atomic E-state index is 12.5. The Balaban J connectivity index is 1.50. The summed E-state index contributed by atoms with van der Waals surface area (Å²) in [6, 6.07) is 9.97. The number of rotatable bonds is 6. The summed E-state index contributed by atoms with van der Waals surface area (Å²) in [6.07, 6.45) is 7.52. The van der Waals surface area contributed by atoms with Gasteiger partial charge < -0.3 is 9.73 Å². The maximum absolute atomic E-state index is 12.5. The summed E-state index contributed by atoms with van der Waals surface area (Å²) in [4.78, 5) is 12.5. The predicted molar refractivity (Wildman–Crippen MR) is 118 cm³/mol. The van der Waals surface area contributed by atoms with E-state index < -0.39 is 0 Å². The summed E-state index contributed by atoms with van der Waals surface area (Å²) >= 11 is 4.92. The third kappa shape index (κ3) is 4.75. The Bertz CT molecular complexity index is 981. The highest BCUT2D eigenvalue weighted by molar-refractivity contribution is 9.10. The summed E-state index contributed by atoms with van der Waals surface area (Å²) in [5.41, 5.74) is 1.90. The van der Waals surface area contributed by atoms with Gasteiger partial charge in [-0.05, 0) is 65.5 Å². The van der Waals surface area contributed by atoms with Crippen molar-refractivity contribution in [3.05, 3.63) is 46.6 Å². The van der Waals surface area contributed by atoms with Gasteiger partial charge in [-0.3, -0.25) is 9.36 Å². The van der Waals surface area contributed by atoms with Gasteiger partial charge >= 0.3 is 0 Å². The van der Waals surface area contributed by atoms with Crippen molar-refractivity contribution in [2.45, 2.75) is 50.2 Å². The Labute approximate surface area is 182 Å². The molecule has 1 aliphatic carbocycles. The number of benzene rings is 1. The minimum atomic E-state index is -0.0719. The zero-order chi connectivity index (χ0) is 20.2. The lowest BCUT2D eigenvalue weighted by molar-refractivity contribution is -0.113. The zero-order valence-corrected chi connectivity index (χ0v) is 18.6. The molecule has 1 fully saturated rings. The number of nitrogens with zero attached hydrogens (tertiary/aromatic N) is 3. The lowest BCUT2D eigenvalue weighted by atomic mass is 9.95. The quantitative estimate of drug-likeness (QED) is 0.453. The van der Waals surface area contributed by atoms with Crippen LogP contribution in [0.5, 0.6) is 0 Å². The first-order valence-corrected chi connectivity index (χ1v) is 11.6. The lowest BCUT2D eigenvalue weighted by Gasteiger charge is -2.25. The number of hydrogen-bond acceptors (Lipinski definition) is 5. The number of hydrogen-bond donors (Lipinski definition) is 1. The van der Waals surface area contributed by atoms with Crippen molar-refractivity contribution in [3.63, 3.8) is 0 Å². The van der Waals surface area contributed by atoms with Crippen LogP contribution in [0.1, 0.15) is 43.7 Å². The average molecular weight is 475 g/mol. The molecule has 1 amide bonds. The highest BCUT2D eigenvalue weighted by atomic mass is 79.9. The molecule has 0 atom stereocenters. The van der Waals surface area contributed by atoms with Crippen LogP contribution >= 0.6 is 27.7 Å². The van der Waals surface area contributed by atoms with Crippen LogP contribution in [0.25, 0.3) is 11.6 Å². The molecule has 6 nitrogen and oxygen atoms in total. The number of carbonyl (C=O) groups is 1. The number of furan rings is 1. The van der Waals surface area contributed by atoms with E-state index in [-0.39, 0.29) is 11.7 Å². The predicted octanol–water partition coefficient (Wildman–Crippen LogP) is 5.85. The van der Waals surface area contributed by atoms with Gasteiger partial charge in [-0.25, -0.2) is 0 Å². The van der Waals surface area contributed by atoms with Crippen LogP contribution in [0, 0.1) is 6.92 Å². The van der Waals surface area contributed by atoms with Crippen LogP contribution in [-0.4, -0.2) is 26.4 Å². The summed E-state index contributed by atoms with van der Waals surface area (Å²) in [5.74, 6) is 1.65. The summed E-state index contributed by atoms with van der Waals surface area (Å²) in [5, 5.41) is 12.5. The van der Waals surface area contributed by atoms with Crippen molar-refractivity contribution < 1.29 is 9.21 Å². The number of thioether (sulfide) groups is 1. The first kappa shape index (κ1) is 20.2. The van der Waals surface area contributed by atoms with E-state index >= 15 is 0 Å². The summed E-state index contributed by atoms with van der Waals surface area (Å²) < 4.78 is 8.62. The van der Waals surface area contributed by atoms with Gasteiger partial charge in [-0.1, -0.05) is 37.1 Å². The fraction of sp³-hybridized carbons (Fsp3) is 0.381. The number of anilines is 1. The molecule has 0 aliphatic heterocycles. The number of aryl methyl sites for hydroxylation is 1. The van der Waals surface area contributed by atoms with Crippen molar-refractivity contribution in [1.82, 2.24) is 14.8 Å². The number of nitrogens with one attached hydrogen (secondary N) is 1. The average Bonchev–Trinajstić information content (AvgIpc) is 3.38. The van der Waals surface area contributed by atoms with Crippen LogP contribution in [-0.2, 0) is 4.79 Å². The minimum absolute atomic E-state index is 0.0719. The van der Waals surface area contributed by atoms with Gasteiger partial charge in [0.25, 0.3) is 0 Å². The van der Waals surface area contributed by atoms with Crippen molar-refractivity contribution in [3.8, 4) is 11.6 Å². The van der Waals surface area contributed by atoms with E-state index in [0.717, 1.165) is 39.5 Å². The summed E-state index contributed by atoms with van der Waals surface area (Å²) in [6.45, 7) is 2.01. The van der Waals surface area contributed by atoms with E-state index in [1.807, 2.05) is 37.3 Å². The SMILES string of the molecule is Cc1ccc(NC(=O)CSc2nnc(-c3ccco3)n2C2CCCCC2)c(Br)c1. The smallest absolute Gasteiger partial charge is 0.234 e.